The zero-order valence-corrected chi connectivity index (χ0v) is 30.6. The van der Waals surface area contributed by atoms with E-state index in [9.17, 15) is 0 Å². The van der Waals surface area contributed by atoms with Gasteiger partial charge in [0.1, 0.15) is 11.2 Å². The quantitative estimate of drug-likeness (QED) is 0.156. The molecule has 0 fully saturated rings. The third kappa shape index (κ3) is 4.97. The summed E-state index contributed by atoms with van der Waals surface area (Å²) in [6, 6.07) is 56.2. The first-order valence-electron chi connectivity index (χ1n) is 17.0. The van der Waals surface area contributed by atoms with Gasteiger partial charge in [-0.15, -0.1) is 0 Å². The van der Waals surface area contributed by atoms with E-state index in [4.69, 9.17) is 19.0 Å². The Labute approximate surface area is 314 Å². The summed E-state index contributed by atoms with van der Waals surface area (Å²) in [6.45, 7) is 4.35. The van der Waals surface area contributed by atoms with Crippen molar-refractivity contribution in [3.8, 4) is 33.9 Å². The van der Waals surface area contributed by atoms with Gasteiger partial charge in [-0.3, -0.25) is 9.36 Å². The molecule has 0 spiro atoms. The molecule has 0 aliphatic rings. The molecule has 10 rings (SSSR count). The topological polar surface area (TPSA) is 61.9 Å². The monoisotopic (exact) mass is 853 g/mol. The molecule has 6 nitrogen and oxygen atoms in total. The van der Waals surface area contributed by atoms with Gasteiger partial charge in [0.05, 0.1) is 28.2 Å². The van der Waals surface area contributed by atoms with E-state index in [1.54, 1.807) is 0 Å². The SMILES string of the molecule is CC(C)(c1cc(-c2ccccc2)n(-c2[c-]ccc3c2oc2ccccc23)n1)c1cc(-c2ccccc2)n(-c2[c-]ccc3c2oc2ccccc23)n1.[Pt+2]. The Morgan fingerprint density at radius 3 is 1.35 bits per heavy atom. The first-order chi connectivity index (χ1) is 25.0. The molecule has 0 saturated heterocycles. The molecule has 0 saturated carbocycles. The zero-order valence-electron chi connectivity index (χ0n) is 28.3. The Bertz CT molecular complexity index is 2700. The fraction of sp³-hybridized carbons (Fsp3) is 0.0667. The van der Waals surface area contributed by atoms with E-state index in [0.29, 0.717) is 0 Å². The number of hydrogen-bond donors (Lipinski definition) is 0. The van der Waals surface area contributed by atoms with Crippen molar-refractivity contribution in [3.63, 3.8) is 0 Å². The third-order valence-corrected chi connectivity index (χ3v) is 9.90. The molecule has 4 heterocycles. The average Bonchev–Trinajstić information content (AvgIpc) is 3.98. The van der Waals surface area contributed by atoms with E-state index in [1.165, 1.54) is 0 Å². The van der Waals surface area contributed by atoms with E-state index >= 15 is 0 Å². The van der Waals surface area contributed by atoms with Gasteiger partial charge in [-0.2, -0.15) is 46.6 Å². The normalized spacial score (nSPS) is 11.9. The summed E-state index contributed by atoms with van der Waals surface area (Å²) >= 11 is 0. The third-order valence-electron chi connectivity index (χ3n) is 9.90. The summed E-state index contributed by atoms with van der Waals surface area (Å²) < 4.78 is 16.9. The van der Waals surface area contributed by atoms with Gasteiger partial charge < -0.3 is 8.83 Å². The van der Waals surface area contributed by atoms with Gasteiger partial charge in [-0.25, -0.2) is 0 Å². The number of nitrogens with zero attached hydrogens (tertiary/aromatic N) is 4. The minimum absolute atomic E-state index is 0. The van der Waals surface area contributed by atoms with Crippen LogP contribution in [0.1, 0.15) is 25.2 Å². The molecule has 0 radical (unpaired) electrons. The van der Waals surface area contributed by atoms with E-state index in [1.807, 2.05) is 94.3 Å². The molecular weight excluding hydrogens is 824 g/mol. The number of rotatable bonds is 6. The molecule has 0 bridgehead atoms. The van der Waals surface area contributed by atoms with Crippen LogP contribution in [0.3, 0.4) is 0 Å². The molecule has 4 aromatic heterocycles. The second kappa shape index (κ2) is 12.4. The van der Waals surface area contributed by atoms with Crippen LogP contribution in [0, 0.1) is 12.1 Å². The van der Waals surface area contributed by atoms with Gasteiger partial charge in [0.25, 0.3) is 0 Å². The maximum absolute atomic E-state index is 6.46. The van der Waals surface area contributed by atoms with Gasteiger partial charge in [-0.05, 0) is 49.5 Å². The van der Waals surface area contributed by atoms with Crippen LogP contribution in [-0.2, 0) is 26.5 Å². The molecular formula is C45H30N4O2Pt. The zero-order chi connectivity index (χ0) is 34.1. The van der Waals surface area contributed by atoms with Crippen molar-refractivity contribution >= 4 is 43.9 Å². The molecule has 0 unspecified atom stereocenters. The van der Waals surface area contributed by atoms with Crippen molar-refractivity contribution in [2.45, 2.75) is 19.3 Å². The Balaban J connectivity index is 0.00000360. The molecule has 6 aromatic carbocycles. The second-order valence-corrected chi connectivity index (χ2v) is 13.3. The van der Waals surface area contributed by atoms with Gasteiger partial charge in [0.2, 0.25) is 0 Å². The smallest absolute Gasteiger partial charge is 0.513 e. The Morgan fingerprint density at radius 1 is 0.500 bits per heavy atom. The van der Waals surface area contributed by atoms with Crippen molar-refractivity contribution in [2.24, 2.45) is 0 Å². The summed E-state index contributed by atoms with van der Waals surface area (Å²) in [5.74, 6) is 0. The van der Waals surface area contributed by atoms with Crippen LogP contribution in [0.2, 0.25) is 0 Å². The van der Waals surface area contributed by atoms with Crippen LogP contribution in [0.5, 0.6) is 0 Å². The number of benzene rings is 6. The molecule has 0 amide bonds. The summed E-state index contributed by atoms with van der Waals surface area (Å²) in [5.41, 5.74) is 9.71. The van der Waals surface area contributed by atoms with Crippen LogP contribution in [-0.4, -0.2) is 19.6 Å². The Morgan fingerprint density at radius 2 is 0.904 bits per heavy atom. The number of aromatic nitrogens is 4. The van der Waals surface area contributed by atoms with E-state index < -0.39 is 5.41 Å². The maximum Gasteiger partial charge on any atom is 2.00 e. The number of hydrogen-bond acceptors (Lipinski definition) is 4. The molecule has 252 valence electrons. The van der Waals surface area contributed by atoms with Crippen molar-refractivity contribution in [1.29, 1.82) is 0 Å². The van der Waals surface area contributed by atoms with Crippen molar-refractivity contribution in [1.82, 2.24) is 19.6 Å². The summed E-state index contributed by atoms with van der Waals surface area (Å²) in [6.07, 6.45) is 0. The van der Waals surface area contributed by atoms with Crippen molar-refractivity contribution in [2.75, 3.05) is 0 Å². The van der Waals surface area contributed by atoms with Gasteiger partial charge >= 0.3 is 21.1 Å². The number of fused-ring (bicyclic) bond motifs is 6. The molecule has 0 atom stereocenters. The van der Waals surface area contributed by atoms with Crippen LogP contribution in [0.4, 0.5) is 0 Å². The van der Waals surface area contributed by atoms with Crippen LogP contribution >= 0.6 is 0 Å². The summed E-state index contributed by atoms with van der Waals surface area (Å²) in [4.78, 5) is 0. The first-order valence-corrected chi connectivity index (χ1v) is 17.0. The van der Waals surface area contributed by atoms with Gasteiger partial charge in [0.15, 0.2) is 0 Å². The average molecular weight is 854 g/mol. The fourth-order valence-corrected chi connectivity index (χ4v) is 7.14. The molecule has 0 aliphatic heterocycles. The number of para-hydroxylation sites is 2. The fourth-order valence-electron chi connectivity index (χ4n) is 7.14. The molecule has 52 heavy (non-hydrogen) atoms. The van der Waals surface area contributed by atoms with E-state index in [0.717, 1.165) is 89.2 Å². The van der Waals surface area contributed by atoms with Gasteiger partial charge in [-0.1, -0.05) is 108 Å². The second-order valence-electron chi connectivity index (χ2n) is 13.3. The molecule has 7 heteroatoms. The molecule has 10 aromatic rings. The van der Waals surface area contributed by atoms with E-state index in [-0.39, 0.29) is 21.1 Å². The Hall–Kier alpha value is -5.97. The minimum Gasteiger partial charge on any atom is -0.513 e. The van der Waals surface area contributed by atoms with Crippen LogP contribution in [0.25, 0.3) is 77.8 Å². The predicted octanol–water partition coefficient (Wildman–Crippen LogP) is 11.1. The van der Waals surface area contributed by atoms with Crippen molar-refractivity contribution < 1.29 is 29.9 Å². The van der Waals surface area contributed by atoms with Gasteiger partial charge in [0, 0.05) is 33.1 Å². The van der Waals surface area contributed by atoms with Crippen LogP contribution in [0.15, 0.2) is 154 Å². The molecule has 0 N–H and O–H groups in total. The summed E-state index contributed by atoms with van der Waals surface area (Å²) in [5, 5.41) is 14.9. The van der Waals surface area contributed by atoms with Crippen molar-refractivity contribution in [3.05, 3.63) is 169 Å². The molecule has 0 aliphatic carbocycles. The van der Waals surface area contributed by atoms with Crippen LogP contribution < -0.4 is 0 Å². The predicted molar refractivity (Wildman–Crippen MR) is 202 cm³/mol. The standard InChI is InChI=1S/C45H30N4O2.Pt/c1-45(2,41-27-37(29-15-5-3-6-16-29)48(46-41)35-23-13-21-33-31-19-9-11-25-39(31)50-43(33)35)42-28-38(30-17-7-4-8-18-30)49(47-42)36-24-14-22-34-32-20-10-12-26-40(32)51-44(34)36;/h3-22,25-28H,1-2H3;/q-2;+2. The summed E-state index contributed by atoms with van der Waals surface area (Å²) in [7, 11) is 0. The first kappa shape index (κ1) is 32.0. The van der Waals surface area contributed by atoms with E-state index in [2.05, 4.69) is 86.6 Å². The number of furan rings is 2. The minimum atomic E-state index is -0.618. The maximum atomic E-state index is 6.46. The largest absolute Gasteiger partial charge is 2.00 e. The Kier molecular flexibility index (Phi) is 7.60.